The number of anilines is 2. The van der Waals surface area contributed by atoms with Crippen LogP contribution in [0.15, 0.2) is 36.4 Å². The number of aliphatic hydroxyl groups is 1. The highest BCUT2D eigenvalue weighted by Crippen LogP contribution is 2.34. The zero-order valence-corrected chi connectivity index (χ0v) is 24.8. The van der Waals surface area contributed by atoms with E-state index in [2.05, 4.69) is 22.0 Å². The molecule has 2 amide bonds. The number of amides is 2. The largest absolute Gasteiger partial charge is 0.416 e. The number of aliphatic hydroxyl groups excluding tert-OH is 1. The first-order valence-corrected chi connectivity index (χ1v) is 14.4. The lowest BCUT2D eigenvalue weighted by Crippen LogP contribution is -2.49. The molecular weight excluding hydrogens is 533 g/mol. The van der Waals surface area contributed by atoms with Crippen molar-refractivity contribution >= 4 is 23.2 Å². The summed E-state index contributed by atoms with van der Waals surface area (Å²) in [6.07, 6.45) is -3.34. The number of alkyl halides is 3. The van der Waals surface area contributed by atoms with Gasteiger partial charge in [-0.15, -0.1) is 0 Å². The molecule has 0 aromatic heterocycles. The minimum Gasteiger partial charge on any atom is -0.391 e. The smallest absolute Gasteiger partial charge is 0.391 e. The van der Waals surface area contributed by atoms with Crippen LogP contribution in [-0.2, 0) is 22.3 Å². The predicted octanol–water partition coefficient (Wildman–Crippen LogP) is 5.71. The predicted molar refractivity (Wildman–Crippen MR) is 158 cm³/mol. The van der Waals surface area contributed by atoms with E-state index >= 15 is 0 Å². The van der Waals surface area contributed by atoms with E-state index in [1.165, 1.54) is 6.07 Å². The lowest BCUT2D eigenvalue weighted by molar-refractivity contribution is -0.137. The molecule has 0 saturated carbocycles. The summed E-state index contributed by atoms with van der Waals surface area (Å²) in [6.45, 7) is 11.8. The van der Waals surface area contributed by atoms with Crippen molar-refractivity contribution in [3.8, 4) is 0 Å². The Morgan fingerprint density at radius 3 is 2.22 bits per heavy atom. The molecular formula is C31H45F3N4O3. The van der Waals surface area contributed by atoms with Gasteiger partial charge < -0.3 is 26.0 Å². The van der Waals surface area contributed by atoms with Gasteiger partial charge in [-0.1, -0.05) is 51.0 Å². The molecule has 41 heavy (non-hydrogen) atoms. The molecule has 0 radical (unpaired) electrons. The first kappa shape index (κ1) is 34.1. The highest BCUT2D eigenvalue weighted by atomic mass is 19.4. The number of hydrogen-bond donors (Lipinski definition) is 4. The van der Waals surface area contributed by atoms with E-state index in [1.54, 1.807) is 0 Å². The van der Waals surface area contributed by atoms with Gasteiger partial charge in [0.25, 0.3) is 0 Å². The van der Waals surface area contributed by atoms with Gasteiger partial charge >= 0.3 is 6.18 Å². The van der Waals surface area contributed by atoms with Crippen LogP contribution < -0.4 is 20.9 Å². The van der Waals surface area contributed by atoms with Crippen LogP contribution in [0.4, 0.5) is 24.5 Å². The van der Waals surface area contributed by atoms with Gasteiger partial charge in [0.15, 0.2) is 0 Å². The third-order valence-corrected chi connectivity index (χ3v) is 6.78. The number of aryl methyl sites for hydroxylation is 2. The molecule has 0 saturated heterocycles. The Morgan fingerprint density at radius 1 is 0.951 bits per heavy atom. The van der Waals surface area contributed by atoms with Crippen molar-refractivity contribution in [1.82, 2.24) is 10.6 Å². The highest BCUT2D eigenvalue weighted by molar-refractivity contribution is 6.03. The molecule has 0 aliphatic rings. The lowest BCUT2D eigenvalue weighted by Gasteiger charge is -2.26. The van der Waals surface area contributed by atoms with Crippen molar-refractivity contribution in [2.45, 2.75) is 91.6 Å². The Balaban J connectivity index is 2.09. The maximum atomic E-state index is 13.6. The molecule has 0 fully saturated rings. The van der Waals surface area contributed by atoms with E-state index < -0.39 is 42.1 Å². The fourth-order valence-corrected chi connectivity index (χ4v) is 4.73. The van der Waals surface area contributed by atoms with Crippen LogP contribution in [0.2, 0.25) is 0 Å². The quantitative estimate of drug-likeness (QED) is 0.192. The van der Waals surface area contributed by atoms with Gasteiger partial charge in [0.1, 0.15) is 6.42 Å². The summed E-state index contributed by atoms with van der Waals surface area (Å²) in [6, 6.07) is 8.95. The maximum absolute atomic E-state index is 13.6. The van der Waals surface area contributed by atoms with Gasteiger partial charge in [0.05, 0.1) is 17.7 Å². The second kappa shape index (κ2) is 16.4. The Morgan fingerprint density at radius 2 is 1.63 bits per heavy atom. The molecule has 0 aliphatic carbocycles. The number of nitrogens with zero attached hydrogens (tertiary/aromatic N) is 1. The molecule has 7 nitrogen and oxygen atoms in total. The van der Waals surface area contributed by atoms with Gasteiger partial charge in [0.2, 0.25) is 11.8 Å². The molecule has 0 aliphatic heterocycles. The Labute approximate surface area is 241 Å². The van der Waals surface area contributed by atoms with E-state index in [-0.39, 0.29) is 12.2 Å². The average molecular weight is 579 g/mol. The Bertz CT molecular complexity index is 1130. The topological polar surface area (TPSA) is 93.7 Å². The SMILES string of the molecule is CCC[C@H](O)[C@H](CNCc1ccc(C)cc1C)NC(=O)CC(=O)Nc1cc(N(CCC)CCC)cc(C(F)(F)F)c1. The monoisotopic (exact) mass is 578 g/mol. The molecule has 4 N–H and O–H groups in total. The molecule has 2 atom stereocenters. The summed E-state index contributed by atoms with van der Waals surface area (Å²) in [5, 5.41) is 19.1. The molecule has 2 aromatic rings. The van der Waals surface area contributed by atoms with E-state index in [0.29, 0.717) is 38.2 Å². The van der Waals surface area contributed by atoms with Crippen molar-refractivity contribution in [3.63, 3.8) is 0 Å². The van der Waals surface area contributed by atoms with Crippen LogP contribution in [0.5, 0.6) is 0 Å². The zero-order chi connectivity index (χ0) is 30.6. The summed E-state index contributed by atoms with van der Waals surface area (Å²) >= 11 is 0. The van der Waals surface area contributed by atoms with Gasteiger partial charge in [0, 0.05) is 37.6 Å². The summed E-state index contributed by atoms with van der Waals surface area (Å²) in [4.78, 5) is 27.3. The number of nitrogens with one attached hydrogen (secondary N) is 3. The van der Waals surface area contributed by atoms with E-state index in [9.17, 15) is 27.9 Å². The van der Waals surface area contributed by atoms with Crippen molar-refractivity contribution in [1.29, 1.82) is 0 Å². The normalized spacial score (nSPS) is 13.0. The van der Waals surface area contributed by atoms with E-state index in [0.717, 1.165) is 41.7 Å². The van der Waals surface area contributed by atoms with Crippen LogP contribution in [0.25, 0.3) is 0 Å². The zero-order valence-electron chi connectivity index (χ0n) is 24.8. The number of hydrogen-bond acceptors (Lipinski definition) is 5. The average Bonchev–Trinajstić information content (AvgIpc) is 2.88. The van der Waals surface area contributed by atoms with Crippen molar-refractivity contribution < 1.29 is 27.9 Å². The van der Waals surface area contributed by atoms with Crippen LogP contribution in [0.1, 0.15) is 75.1 Å². The third-order valence-electron chi connectivity index (χ3n) is 6.78. The summed E-state index contributed by atoms with van der Waals surface area (Å²) in [7, 11) is 0. The van der Waals surface area contributed by atoms with Gasteiger partial charge in [-0.2, -0.15) is 13.2 Å². The summed E-state index contributed by atoms with van der Waals surface area (Å²) in [5.74, 6) is -1.36. The first-order chi connectivity index (χ1) is 19.4. The van der Waals surface area contributed by atoms with E-state index in [1.807, 2.05) is 51.7 Å². The van der Waals surface area contributed by atoms with Crippen LogP contribution in [-0.4, -0.2) is 48.7 Å². The fraction of sp³-hybridized carbons (Fsp3) is 0.548. The minimum atomic E-state index is -4.59. The second-order valence-electron chi connectivity index (χ2n) is 10.6. The molecule has 0 bridgehead atoms. The molecule has 0 unspecified atom stereocenters. The number of carbonyl (C=O) groups is 2. The number of benzene rings is 2. The van der Waals surface area contributed by atoms with Gasteiger partial charge in [-0.05, 0) is 62.4 Å². The van der Waals surface area contributed by atoms with Gasteiger partial charge in [-0.25, -0.2) is 0 Å². The van der Waals surface area contributed by atoms with Gasteiger partial charge in [-0.3, -0.25) is 9.59 Å². The first-order valence-electron chi connectivity index (χ1n) is 14.4. The van der Waals surface area contributed by atoms with Crippen molar-refractivity contribution in [2.75, 3.05) is 29.9 Å². The van der Waals surface area contributed by atoms with Crippen LogP contribution >= 0.6 is 0 Å². The second-order valence-corrected chi connectivity index (χ2v) is 10.6. The highest BCUT2D eigenvalue weighted by Gasteiger charge is 2.32. The Kier molecular flexibility index (Phi) is 13.6. The molecule has 228 valence electrons. The molecule has 10 heteroatoms. The molecule has 0 spiro atoms. The summed E-state index contributed by atoms with van der Waals surface area (Å²) < 4.78 is 40.9. The molecule has 0 heterocycles. The van der Waals surface area contributed by atoms with Crippen molar-refractivity contribution in [3.05, 3.63) is 58.7 Å². The number of rotatable bonds is 16. The lowest BCUT2D eigenvalue weighted by atomic mass is 10.0. The maximum Gasteiger partial charge on any atom is 0.416 e. The van der Waals surface area contributed by atoms with Crippen LogP contribution in [0.3, 0.4) is 0 Å². The molecule has 2 rings (SSSR count). The number of carbonyl (C=O) groups excluding carboxylic acids is 2. The van der Waals surface area contributed by atoms with Crippen LogP contribution in [0, 0.1) is 13.8 Å². The Hall–Kier alpha value is -3.11. The summed E-state index contributed by atoms with van der Waals surface area (Å²) in [5.41, 5.74) is 2.86. The number of halogens is 3. The molecule has 2 aromatic carbocycles. The van der Waals surface area contributed by atoms with E-state index in [4.69, 9.17) is 0 Å². The third kappa shape index (κ3) is 11.4. The fourth-order valence-electron chi connectivity index (χ4n) is 4.73. The minimum absolute atomic E-state index is 0.0254. The standard InChI is InChI=1S/C31H45F3N4O3/c1-6-9-28(39)27(20-35-19-23-11-10-21(4)14-22(23)5)37-30(41)18-29(40)36-25-15-24(31(32,33)34)16-26(17-25)38(12-7-2)13-8-3/h10-11,14-17,27-28,35,39H,6-9,12-13,18-20H2,1-5H3,(H,36,40)(H,37,41)/t27-,28-/m0/s1. The van der Waals surface area contributed by atoms with Crippen molar-refractivity contribution in [2.24, 2.45) is 0 Å².